The number of halogens is 1. The fourth-order valence-electron chi connectivity index (χ4n) is 3.17. The molecule has 0 saturated carbocycles. The van der Waals surface area contributed by atoms with Crippen LogP contribution in [0.25, 0.3) is 21.9 Å². The van der Waals surface area contributed by atoms with E-state index >= 15 is 0 Å². The minimum absolute atomic E-state index is 0.545. The number of amidine groups is 1. The quantitative estimate of drug-likeness (QED) is 0.355. The maximum absolute atomic E-state index is 6.47. The van der Waals surface area contributed by atoms with Gasteiger partial charge in [0.25, 0.3) is 0 Å². The molecule has 1 atom stereocenters. The van der Waals surface area contributed by atoms with E-state index in [1.54, 1.807) is 6.34 Å². The summed E-state index contributed by atoms with van der Waals surface area (Å²) in [5.41, 5.74) is 2.98. The van der Waals surface area contributed by atoms with Crippen molar-refractivity contribution in [2.45, 2.75) is 5.62 Å². The third-order valence-corrected chi connectivity index (χ3v) is 4.76. The van der Waals surface area contributed by atoms with E-state index in [4.69, 9.17) is 16.0 Å². The molecule has 4 nitrogen and oxygen atoms in total. The van der Waals surface area contributed by atoms with Gasteiger partial charge in [-0.1, -0.05) is 54.1 Å². The van der Waals surface area contributed by atoms with Crippen LogP contribution in [0.1, 0.15) is 5.56 Å². The largest absolute Gasteiger partial charge is 0.456 e. The molecular weight excluding hydrogens is 346 g/mol. The molecule has 0 fully saturated rings. The first-order valence-corrected chi connectivity index (χ1v) is 8.74. The molecule has 1 unspecified atom stereocenters. The zero-order valence-corrected chi connectivity index (χ0v) is 14.5. The van der Waals surface area contributed by atoms with Crippen LogP contribution in [-0.2, 0) is 0 Å². The molecule has 0 spiro atoms. The predicted octanol–water partition coefficient (Wildman–Crippen LogP) is 5.40. The highest BCUT2D eigenvalue weighted by atomic mass is 35.5. The molecule has 0 radical (unpaired) electrons. The number of benzene rings is 3. The summed E-state index contributed by atoms with van der Waals surface area (Å²) in [4.78, 5) is 10.9. The van der Waals surface area contributed by atoms with Gasteiger partial charge in [0.1, 0.15) is 17.5 Å². The molecule has 3 aromatic carbocycles. The van der Waals surface area contributed by atoms with Crippen molar-refractivity contribution in [1.82, 2.24) is 0 Å². The predicted molar refractivity (Wildman–Crippen MR) is 107 cm³/mol. The van der Waals surface area contributed by atoms with Gasteiger partial charge in [-0.15, -0.1) is 0 Å². The molecule has 0 saturated heterocycles. The Bertz CT molecular complexity index is 1160. The van der Waals surface area contributed by atoms with Crippen LogP contribution in [0.5, 0.6) is 0 Å². The average molecular weight is 360 g/mol. The highest BCUT2D eigenvalue weighted by Crippen LogP contribution is 2.30. The second kappa shape index (κ2) is 6.00. The normalized spacial score (nSPS) is 17.0. The first-order chi connectivity index (χ1) is 12.8. The molecule has 5 rings (SSSR count). The van der Waals surface area contributed by atoms with Crippen LogP contribution in [0.3, 0.4) is 0 Å². The van der Waals surface area contributed by atoms with Crippen LogP contribution in [0, 0.1) is 0 Å². The number of para-hydroxylation sites is 2. The van der Waals surface area contributed by atoms with Gasteiger partial charge in [0.2, 0.25) is 5.62 Å². The van der Waals surface area contributed by atoms with E-state index in [0.29, 0.717) is 5.84 Å². The van der Waals surface area contributed by atoms with E-state index in [9.17, 15) is 0 Å². The molecule has 0 amide bonds. The van der Waals surface area contributed by atoms with Crippen LogP contribution < -0.4 is 4.90 Å². The van der Waals surface area contributed by atoms with Crippen molar-refractivity contribution in [2.24, 2.45) is 9.98 Å². The lowest BCUT2D eigenvalue weighted by Crippen LogP contribution is -2.32. The summed E-state index contributed by atoms with van der Waals surface area (Å²) in [6.07, 6.45) is 1.72. The number of fused-ring (bicyclic) bond motifs is 3. The van der Waals surface area contributed by atoms with Gasteiger partial charge < -0.3 is 4.42 Å². The number of anilines is 1. The summed E-state index contributed by atoms with van der Waals surface area (Å²) in [5, 5.41) is 2.19. The summed E-state index contributed by atoms with van der Waals surface area (Å²) in [7, 11) is 0. The van der Waals surface area contributed by atoms with Gasteiger partial charge in [-0.3, -0.25) is 4.90 Å². The second-order valence-electron chi connectivity index (χ2n) is 6.06. The van der Waals surface area contributed by atoms with E-state index < -0.39 is 5.62 Å². The number of rotatable bonds is 2. The summed E-state index contributed by atoms with van der Waals surface area (Å²) in [6.45, 7) is 0. The number of alkyl halides is 1. The Morgan fingerprint density at radius 1 is 0.846 bits per heavy atom. The van der Waals surface area contributed by atoms with Gasteiger partial charge in [0.05, 0.1) is 0 Å². The molecule has 126 valence electrons. The Kier molecular flexibility index (Phi) is 3.50. The van der Waals surface area contributed by atoms with Crippen molar-refractivity contribution in [3.63, 3.8) is 0 Å². The maximum Gasteiger partial charge on any atom is 0.205 e. The standard InChI is InChI=1S/C21H14ClN3O/c22-21-24-20(23-13-25(21)15-6-2-1-3-7-15)14-10-11-17-16-8-4-5-9-18(16)26-19(17)12-14/h1-13,21H. The van der Waals surface area contributed by atoms with Crippen molar-refractivity contribution < 1.29 is 4.42 Å². The van der Waals surface area contributed by atoms with Crippen LogP contribution >= 0.6 is 11.6 Å². The Morgan fingerprint density at radius 3 is 2.46 bits per heavy atom. The van der Waals surface area contributed by atoms with Crippen LogP contribution in [0.2, 0.25) is 0 Å². The van der Waals surface area contributed by atoms with Crippen molar-refractivity contribution in [3.8, 4) is 0 Å². The second-order valence-corrected chi connectivity index (χ2v) is 6.45. The van der Waals surface area contributed by atoms with Gasteiger partial charge in [0, 0.05) is 22.0 Å². The lowest BCUT2D eigenvalue weighted by atomic mass is 10.1. The third-order valence-electron chi connectivity index (χ3n) is 4.45. The zero-order chi connectivity index (χ0) is 17.5. The third kappa shape index (κ3) is 2.47. The SMILES string of the molecule is ClC1N=C(c2ccc3c(c2)oc2ccccc23)N=CN1c1ccccc1. The highest BCUT2D eigenvalue weighted by molar-refractivity contribution is 6.25. The van der Waals surface area contributed by atoms with E-state index in [2.05, 4.69) is 16.1 Å². The molecule has 4 aromatic rings. The van der Waals surface area contributed by atoms with Crippen molar-refractivity contribution in [1.29, 1.82) is 0 Å². The van der Waals surface area contributed by atoms with E-state index in [1.807, 2.05) is 71.6 Å². The molecule has 2 heterocycles. The topological polar surface area (TPSA) is 41.1 Å². The molecule has 0 bridgehead atoms. The number of aliphatic imine (C=N–C) groups is 2. The van der Waals surface area contributed by atoms with Gasteiger partial charge in [-0.2, -0.15) is 0 Å². The molecule has 1 aliphatic heterocycles. The fourth-order valence-corrected chi connectivity index (χ4v) is 3.43. The number of furan rings is 1. The van der Waals surface area contributed by atoms with E-state index in [1.165, 1.54) is 0 Å². The molecule has 0 aliphatic carbocycles. The molecule has 1 aliphatic rings. The van der Waals surface area contributed by atoms with Crippen molar-refractivity contribution in [3.05, 3.63) is 78.4 Å². The minimum Gasteiger partial charge on any atom is -0.456 e. The smallest absolute Gasteiger partial charge is 0.205 e. The monoisotopic (exact) mass is 359 g/mol. The first kappa shape index (κ1) is 15.2. The minimum atomic E-state index is -0.545. The first-order valence-electron chi connectivity index (χ1n) is 8.31. The van der Waals surface area contributed by atoms with Crippen LogP contribution in [0.15, 0.2) is 87.2 Å². The van der Waals surface area contributed by atoms with Gasteiger partial charge >= 0.3 is 0 Å². The van der Waals surface area contributed by atoms with Crippen molar-refractivity contribution in [2.75, 3.05) is 4.90 Å². The maximum atomic E-state index is 6.47. The summed E-state index contributed by atoms with van der Waals surface area (Å²) >= 11 is 6.47. The molecule has 26 heavy (non-hydrogen) atoms. The Balaban J connectivity index is 1.52. The Hall–Kier alpha value is -3.11. The lowest BCUT2D eigenvalue weighted by Gasteiger charge is -2.25. The van der Waals surface area contributed by atoms with Crippen LogP contribution in [-0.4, -0.2) is 17.8 Å². The number of hydrogen-bond acceptors (Lipinski definition) is 4. The Labute approximate surface area is 155 Å². The van der Waals surface area contributed by atoms with Crippen LogP contribution in [0.4, 0.5) is 5.69 Å². The van der Waals surface area contributed by atoms with Gasteiger partial charge in [0.15, 0.2) is 5.84 Å². The summed E-state index contributed by atoms with van der Waals surface area (Å²) in [6, 6.07) is 23.9. The highest BCUT2D eigenvalue weighted by Gasteiger charge is 2.20. The lowest BCUT2D eigenvalue weighted by molar-refractivity contribution is 0.669. The molecule has 0 N–H and O–H groups in total. The molecule has 5 heteroatoms. The van der Waals surface area contributed by atoms with E-state index in [0.717, 1.165) is 33.2 Å². The van der Waals surface area contributed by atoms with Crippen molar-refractivity contribution >= 4 is 51.4 Å². The number of nitrogens with zero attached hydrogens (tertiary/aromatic N) is 3. The zero-order valence-electron chi connectivity index (χ0n) is 13.7. The summed E-state index contributed by atoms with van der Waals surface area (Å²) < 4.78 is 5.95. The van der Waals surface area contributed by atoms with Gasteiger partial charge in [-0.05, 0) is 30.3 Å². The Morgan fingerprint density at radius 2 is 1.62 bits per heavy atom. The summed E-state index contributed by atoms with van der Waals surface area (Å²) in [5.74, 6) is 0.597. The fraction of sp³-hybridized carbons (Fsp3) is 0.0476. The number of hydrogen-bond donors (Lipinski definition) is 0. The molecular formula is C21H14ClN3O. The van der Waals surface area contributed by atoms with E-state index in [-0.39, 0.29) is 0 Å². The molecule has 1 aromatic heterocycles. The van der Waals surface area contributed by atoms with Gasteiger partial charge in [-0.25, -0.2) is 9.98 Å². The average Bonchev–Trinajstić information content (AvgIpc) is 3.06.